The van der Waals surface area contributed by atoms with Gasteiger partial charge in [-0.05, 0) is 38.3 Å². The molecule has 2 aromatic heterocycles. The predicted octanol–water partition coefficient (Wildman–Crippen LogP) is 4.01. The Labute approximate surface area is 154 Å². The molecule has 0 amide bonds. The number of rotatable bonds is 2. The van der Waals surface area contributed by atoms with Gasteiger partial charge in [0.2, 0.25) is 0 Å². The fourth-order valence-corrected chi connectivity index (χ4v) is 4.37. The first-order chi connectivity index (χ1) is 12.5. The van der Waals surface area contributed by atoms with E-state index in [0.29, 0.717) is 33.5 Å². The molecule has 26 heavy (non-hydrogen) atoms. The molecule has 0 radical (unpaired) electrons. The molecule has 1 fully saturated rings. The number of esters is 1. The Morgan fingerprint density at radius 1 is 1.35 bits per heavy atom. The van der Waals surface area contributed by atoms with Crippen molar-refractivity contribution in [2.24, 2.45) is 5.92 Å². The summed E-state index contributed by atoms with van der Waals surface area (Å²) < 4.78 is 12.0. The Bertz CT molecular complexity index is 1070. The number of pyridine rings is 1. The first kappa shape index (κ1) is 17.1. The van der Waals surface area contributed by atoms with Crippen LogP contribution >= 0.6 is 11.6 Å². The molecule has 1 aliphatic rings. The first-order valence-electron chi connectivity index (χ1n) is 8.69. The lowest BCUT2D eigenvalue weighted by Gasteiger charge is -2.30. The van der Waals surface area contributed by atoms with Crippen molar-refractivity contribution in [1.29, 1.82) is 0 Å². The van der Waals surface area contributed by atoms with Gasteiger partial charge in [-0.3, -0.25) is 9.59 Å². The molecule has 0 saturated heterocycles. The average molecular weight is 375 g/mol. The molecule has 3 aromatic rings. The Kier molecular flexibility index (Phi) is 4.23. The molecule has 1 aliphatic carbocycles. The van der Waals surface area contributed by atoms with Crippen LogP contribution in [0.2, 0.25) is 5.02 Å². The van der Waals surface area contributed by atoms with E-state index in [0.717, 1.165) is 24.8 Å². The van der Waals surface area contributed by atoms with Gasteiger partial charge in [-0.25, -0.2) is 0 Å². The van der Waals surface area contributed by atoms with Crippen molar-refractivity contribution in [3.8, 4) is 0 Å². The van der Waals surface area contributed by atoms with Crippen molar-refractivity contribution in [2.75, 3.05) is 7.11 Å². The fourth-order valence-electron chi connectivity index (χ4n) is 4.11. The maximum Gasteiger partial charge on any atom is 0.308 e. The summed E-state index contributed by atoms with van der Waals surface area (Å²) in [5, 5.41) is 5.75. The van der Waals surface area contributed by atoms with Crippen molar-refractivity contribution in [3.63, 3.8) is 0 Å². The normalized spacial score (nSPS) is 20.6. The monoisotopic (exact) mass is 374 g/mol. The van der Waals surface area contributed by atoms with Crippen LogP contribution in [0.3, 0.4) is 0 Å². The van der Waals surface area contributed by atoms with Gasteiger partial charge in [0.25, 0.3) is 5.56 Å². The quantitative estimate of drug-likeness (QED) is 0.633. The van der Waals surface area contributed by atoms with Crippen molar-refractivity contribution in [3.05, 3.63) is 39.3 Å². The van der Waals surface area contributed by atoms with Gasteiger partial charge in [0.15, 0.2) is 0 Å². The summed E-state index contributed by atoms with van der Waals surface area (Å²) in [4.78, 5) is 25.3. The van der Waals surface area contributed by atoms with Gasteiger partial charge in [-0.15, -0.1) is 0 Å². The highest BCUT2D eigenvalue weighted by Gasteiger charge is 2.31. The molecule has 0 N–H and O–H groups in total. The third kappa shape index (κ3) is 2.51. The number of carbonyl (C=O) groups is 1. The molecule has 0 bridgehead atoms. The van der Waals surface area contributed by atoms with Crippen LogP contribution in [0.15, 0.2) is 27.5 Å². The van der Waals surface area contributed by atoms with E-state index >= 15 is 0 Å². The second kappa shape index (κ2) is 6.43. The lowest BCUT2D eigenvalue weighted by molar-refractivity contribution is -0.147. The van der Waals surface area contributed by atoms with Crippen molar-refractivity contribution >= 4 is 39.4 Å². The fraction of sp³-hybridized carbons (Fsp3) is 0.421. The zero-order chi connectivity index (χ0) is 18.4. The van der Waals surface area contributed by atoms with E-state index < -0.39 is 0 Å². The highest BCUT2D eigenvalue weighted by molar-refractivity contribution is 6.37. The van der Waals surface area contributed by atoms with Crippen LogP contribution < -0.4 is 5.56 Å². The van der Waals surface area contributed by atoms with E-state index in [1.54, 1.807) is 17.6 Å². The summed E-state index contributed by atoms with van der Waals surface area (Å²) in [5.41, 5.74) is 1.06. The molecule has 4 rings (SSSR count). The van der Waals surface area contributed by atoms with E-state index in [1.807, 2.05) is 12.1 Å². The maximum absolute atomic E-state index is 13.3. The Morgan fingerprint density at radius 2 is 2.15 bits per heavy atom. The molecule has 0 spiro atoms. The van der Waals surface area contributed by atoms with Crippen molar-refractivity contribution < 1.29 is 14.1 Å². The van der Waals surface area contributed by atoms with Crippen LogP contribution in [0.4, 0.5) is 0 Å². The Morgan fingerprint density at radius 3 is 2.92 bits per heavy atom. The minimum atomic E-state index is -0.215. The van der Waals surface area contributed by atoms with Gasteiger partial charge in [0.1, 0.15) is 16.7 Å². The molecule has 2 atom stereocenters. The zero-order valence-electron chi connectivity index (χ0n) is 14.6. The number of ether oxygens (including phenoxy) is 1. The molecular formula is C19H19ClN2O4. The van der Waals surface area contributed by atoms with E-state index in [-0.39, 0.29) is 23.5 Å². The summed E-state index contributed by atoms with van der Waals surface area (Å²) in [6.07, 6.45) is 3.04. The number of fused-ring (bicyclic) bond motifs is 3. The largest absolute Gasteiger partial charge is 0.469 e. The lowest BCUT2D eigenvalue weighted by Crippen LogP contribution is -2.32. The van der Waals surface area contributed by atoms with Crippen LogP contribution in [0.25, 0.3) is 21.8 Å². The number of benzene rings is 1. The lowest BCUT2D eigenvalue weighted by atomic mass is 9.85. The molecular weight excluding hydrogens is 356 g/mol. The molecule has 6 nitrogen and oxygen atoms in total. The van der Waals surface area contributed by atoms with Gasteiger partial charge < -0.3 is 13.8 Å². The average Bonchev–Trinajstić information content (AvgIpc) is 3.03. The SMILES string of the molecule is COC(=O)C1CCCC(n2c(=O)c3c(C)onc3c3c(Cl)cccc32)C1. The minimum absolute atomic E-state index is 0.0972. The predicted molar refractivity (Wildman–Crippen MR) is 98.5 cm³/mol. The topological polar surface area (TPSA) is 74.3 Å². The van der Waals surface area contributed by atoms with Crippen LogP contribution in [-0.4, -0.2) is 22.8 Å². The number of aryl methyl sites for hydroxylation is 1. The number of nitrogens with zero attached hydrogens (tertiary/aromatic N) is 2. The molecule has 136 valence electrons. The number of aromatic nitrogens is 2. The second-order valence-corrected chi connectivity index (χ2v) is 7.22. The van der Waals surface area contributed by atoms with Crippen molar-refractivity contribution in [2.45, 2.75) is 38.6 Å². The van der Waals surface area contributed by atoms with Crippen LogP contribution in [0.1, 0.15) is 37.5 Å². The van der Waals surface area contributed by atoms with Gasteiger partial charge >= 0.3 is 5.97 Å². The number of methoxy groups -OCH3 is 1. The highest BCUT2D eigenvalue weighted by atomic mass is 35.5. The zero-order valence-corrected chi connectivity index (χ0v) is 15.4. The summed E-state index contributed by atoms with van der Waals surface area (Å²) in [5.74, 6) is 0.0624. The molecule has 2 unspecified atom stereocenters. The number of hydrogen-bond acceptors (Lipinski definition) is 5. The van der Waals surface area contributed by atoms with E-state index in [4.69, 9.17) is 20.9 Å². The number of hydrogen-bond donors (Lipinski definition) is 0. The Hall–Kier alpha value is -2.34. The van der Waals surface area contributed by atoms with E-state index in [9.17, 15) is 9.59 Å². The molecule has 2 heterocycles. The first-order valence-corrected chi connectivity index (χ1v) is 9.07. The number of carbonyl (C=O) groups excluding carboxylic acids is 1. The van der Waals surface area contributed by atoms with Crippen LogP contribution in [0, 0.1) is 12.8 Å². The van der Waals surface area contributed by atoms with Crippen LogP contribution in [-0.2, 0) is 9.53 Å². The Balaban J connectivity index is 1.98. The summed E-state index contributed by atoms with van der Waals surface area (Å²) in [7, 11) is 1.40. The third-order valence-electron chi connectivity index (χ3n) is 5.33. The van der Waals surface area contributed by atoms with Crippen molar-refractivity contribution in [1.82, 2.24) is 9.72 Å². The smallest absolute Gasteiger partial charge is 0.308 e. The summed E-state index contributed by atoms with van der Waals surface area (Å²) >= 11 is 6.44. The van der Waals surface area contributed by atoms with Crippen LogP contribution in [0.5, 0.6) is 0 Å². The number of halogens is 1. The summed E-state index contributed by atoms with van der Waals surface area (Å²) in [6, 6.07) is 5.37. The minimum Gasteiger partial charge on any atom is -0.469 e. The van der Waals surface area contributed by atoms with Gasteiger partial charge in [0, 0.05) is 11.4 Å². The highest BCUT2D eigenvalue weighted by Crippen LogP contribution is 2.37. The van der Waals surface area contributed by atoms with E-state index in [2.05, 4.69) is 5.16 Å². The second-order valence-electron chi connectivity index (χ2n) is 6.81. The third-order valence-corrected chi connectivity index (χ3v) is 5.64. The standard InChI is InChI=1S/C19H19ClN2O4/c1-10-15-17(21-26-10)16-13(20)7-4-8-14(16)22(18(15)23)12-6-3-5-11(9-12)19(24)25-2/h4,7-8,11-12H,3,5-6,9H2,1-2H3. The molecule has 7 heteroatoms. The maximum atomic E-state index is 13.3. The molecule has 1 saturated carbocycles. The van der Waals surface area contributed by atoms with Gasteiger partial charge in [-0.2, -0.15) is 0 Å². The van der Waals surface area contributed by atoms with Gasteiger partial charge in [-0.1, -0.05) is 29.2 Å². The van der Waals surface area contributed by atoms with Gasteiger partial charge in [0.05, 0.1) is 23.6 Å². The summed E-state index contributed by atoms with van der Waals surface area (Å²) in [6.45, 7) is 1.72. The molecule has 0 aliphatic heterocycles. The molecule has 1 aromatic carbocycles. The van der Waals surface area contributed by atoms with E-state index in [1.165, 1.54) is 7.11 Å².